The zero-order chi connectivity index (χ0) is 12.3. The number of hydrogen-bond acceptors (Lipinski definition) is 3. The van der Waals surface area contributed by atoms with Crippen molar-refractivity contribution in [3.05, 3.63) is 22.7 Å². The van der Waals surface area contributed by atoms with Gasteiger partial charge in [-0.1, -0.05) is 11.6 Å². The summed E-state index contributed by atoms with van der Waals surface area (Å²) in [6.45, 7) is 0.713. The first kappa shape index (κ1) is 12.1. The molecule has 17 heavy (non-hydrogen) atoms. The molecule has 1 fully saturated rings. The number of benzene rings is 1. The van der Waals surface area contributed by atoms with Crippen molar-refractivity contribution in [2.45, 2.75) is 19.3 Å². The Morgan fingerprint density at radius 2 is 2.18 bits per heavy atom. The molecule has 1 saturated carbocycles. The Kier molecular flexibility index (Phi) is 3.75. The van der Waals surface area contributed by atoms with Gasteiger partial charge in [0.15, 0.2) is 11.5 Å². The second kappa shape index (κ2) is 5.29. The van der Waals surface area contributed by atoms with Gasteiger partial charge >= 0.3 is 0 Å². The highest BCUT2D eigenvalue weighted by Crippen LogP contribution is 2.36. The van der Waals surface area contributed by atoms with Crippen LogP contribution in [0.3, 0.4) is 0 Å². The van der Waals surface area contributed by atoms with Gasteiger partial charge in [-0.15, -0.1) is 0 Å². The number of hydrogen-bond donors (Lipinski definition) is 0. The zero-order valence-corrected chi connectivity index (χ0v) is 10.5. The molecule has 2 rings (SSSR count). The van der Waals surface area contributed by atoms with Crippen molar-refractivity contribution in [2.24, 2.45) is 5.92 Å². The molecule has 0 atom stereocenters. The number of halogens is 1. The molecule has 1 aromatic rings. The summed E-state index contributed by atoms with van der Waals surface area (Å²) in [5.74, 6) is 1.98. The van der Waals surface area contributed by atoms with Crippen LogP contribution in [0.2, 0.25) is 5.02 Å². The van der Waals surface area contributed by atoms with Gasteiger partial charge in [0.2, 0.25) is 0 Å². The monoisotopic (exact) mass is 251 g/mol. The summed E-state index contributed by atoms with van der Waals surface area (Å²) in [6.07, 6.45) is 2.75. The lowest BCUT2D eigenvalue weighted by atomic mass is 10.1. The summed E-state index contributed by atoms with van der Waals surface area (Å²) in [5.41, 5.74) is 0.768. The molecule has 0 aromatic heterocycles. The van der Waals surface area contributed by atoms with E-state index in [0.29, 0.717) is 29.0 Å². The number of methoxy groups -OCH3 is 1. The standard InChI is InChI=1S/C13H14ClNO2/c1-16-12-6-10(4-5-15)11(14)7-13(12)17-8-9-2-3-9/h6-7,9H,2-4,8H2,1H3. The number of nitrogens with zero attached hydrogens (tertiary/aromatic N) is 1. The number of nitriles is 1. The Labute approximate surface area is 106 Å². The first-order chi connectivity index (χ1) is 8.24. The maximum absolute atomic E-state index is 8.68. The van der Waals surface area contributed by atoms with Gasteiger partial charge in [-0.05, 0) is 30.4 Å². The van der Waals surface area contributed by atoms with Crippen molar-refractivity contribution in [1.82, 2.24) is 0 Å². The van der Waals surface area contributed by atoms with E-state index in [4.69, 9.17) is 26.3 Å². The van der Waals surface area contributed by atoms with Gasteiger partial charge < -0.3 is 9.47 Å². The summed E-state index contributed by atoms with van der Waals surface area (Å²) in [5, 5.41) is 9.23. The third-order valence-corrected chi connectivity index (χ3v) is 3.13. The summed E-state index contributed by atoms with van der Waals surface area (Å²) in [7, 11) is 1.59. The molecular weight excluding hydrogens is 238 g/mol. The van der Waals surface area contributed by atoms with Crippen LogP contribution in [0.25, 0.3) is 0 Å². The van der Waals surface area contributed by atoms with Gasteiger partial charge in [0.1, 0.15) is 0 Å². The average Bonchev–Trinajstić information content (AvgIpc) is 3.13. The van der Waals surface area contributed by atoms with Crippen molar-refractivity contribution >= 4 is 11.6 Å². The molecule has 0 N–H and O–H groups in total. The highest BCUT2D eigenvalue weighted by Gasteiger charge is 2.22. The normalized spacial score (nSPS) is 14.2. The lowest BCUT2D eigenvalue weighted by molar-refractivity contribution is 0.280. The molecule has 3 nitrogen and oxygen atoms in total. The molecule has 0 spiro atoms. The van der Waals surface area contributed by atoms with E-state index in [-0.39, 0.29) is 6.42 Å². The van der Waals surface area contributed by atoms with Crippen LogP contribution in [-0.4, -0.2) is 13.7 Å². The first-order valence-corrected chi connectivity index (χ1v) is 5.98. The molecule has 1 aliphatic carbocycles. The molecule has 0 amide bonds. The van der Waals surface area contributed by atoms with Crippen LogP contribution in [0.1, 0.15) is 18.4 Å². The fourth-order valence-electron chi connectivity index (χ4n) is 1.56. The van der Waals surface area contributed by atoms with Crippen LogP contribution < -0.4 is 9.47 Å². The molecule has 0 radical (unpaired) electrons. The van der Waals surface area contributed by atoms with Gasteiger partial charge in [-0.3, -0.25) is 0 Å². The minimum Gasteiger partial charge on any atom is -0.493 e. The second-order valence-electron chi connectivity index (χ2n) is 4.18. The molecule has 0 bridgehead atoms. The second-order valence-corrected chi connectivity index (χ2v) is 4.59. The van der Waals surface area contributed by atoms with Gasteiger partial charge in [0.05, 0.1) is 26.2 Å². The Morgan fingerprint density at radius 3 is 2.76 bits per heavy atom. The van der Waals surface area contributed by atoms with E-state index in [1.807, 2.05) is 0 Å². The van der Waals surface area contributed by atoms with Crippen molar-refractivity contribution in [1.29, 1.82) is 5.26 Å². The molecule has 0 saturated heterocycles. The fraction of sp³-hybridized carbons (Fsp3) is 0.462. The van der Waals surface area contributed by atoms with E-state index in [2.05, 4.69) is 6.07 Å². The fourth-order valence-corrected chi connectivity index (χ4v) is 1.78. The number of rotatable bonds is 5. The van der Waals surface area contributed by atoms with Crippen LogP contribution in [0, 0.1) is 17.2 Å². The lowest BCUT2D eigenvalue weighted by Gasteiger charge is -2.12. The third kappa shape index (κ3) is 3.04. The quantitative estimate of drug-likeness (QED) is 0.807. The van der Waals surface area contributed by atoms with Gasteiger partial charge in [-0.2, -0.15) is 5.26 Å². The molecule has 0 heterocycles. The van der Waals surface area contributed by atoms with E-state index >= 15 is 0 Å². The van der Waals surface area contributed by atoms with E-state index in [1.165, 1.54) is 12.8 Å². The average molecular weight is 252 g/mol. The van der Waals surface area contributed by atoms with Crippen LogP contribution in [-0.2, 0) is 6.42 Å². The van der Waals surface area contributed by atoms with E-state index in [0.717, 1.165) is 5.56 Å². The molecule has 0 aliphatic heterocycles. The largest absolute Gasteiger partial charge is 0.493 e. The zero-order valence-electron chi connectivity index (χ0n) is 9.70. The van der Waals surface area contributed by atoms with Crippen molar-refractivity contribution < 1.29 is 9.47 Å². The van der Waals surface area contributed by atoms with E-state index < -0.39 is 0 Å². The summed E-state index contributed by atoms with van der Waals surface area (Å²) in [4.78, 5) is 0. The SMILES string of the molecule is COc1cc(CC#N)c(Cl)cc1OCC1CC1. The maximum atomic E-state index is 8.68. The molecule has 90 valence electrons. The van der Waals surface area contributed by atoms with E-state index in [9.17, 15) is 0 Å². The minimum atomic E-state index is 0.276. The van der Waals surface area contributed by atoms with Gasteiger partial charge in [0, 0.05) is 11.1 Å². The van der Waals surface area contributed by atoms with Crippen molar-refractivity contribution in [3.63, 3.8) is 0 Å². The predicted octanol–water partition coefficient (Wildman–Crippen LogP) is 3.20. The molecule has 4 heteroatoms. The molecule has 1 aliphatic rings. The Balaban J connectivity index is 2.18. The Morgan fingerprint density at radius 1 is 1.41 bits per heavy atom. The van der Waals surface area contributed by atoms with Crippen molar-refractivity contribution in [3.8, 4) is 17.6 Å². The van der Waals surface area contributed by atoms with Crippen LogP contribution >= 0.6 is 11.6 Å². The first-order valence-electron chi connectivity index (χ1n) is 5.60. The number of ether oxygens (including phenoxy) is 2. The van der Waals surface area contributed by atoms with Gasteiger partial charge in [0.25, 0.3) is 0 Å². The lowest BCUT2D eigenvalue weighted by Crippen LogP contribution is -2.01. The summed E-state index contributed by atoms with van der Waals surface area (Å²) in [6, 6.07) is 5.58. The maximum Gasteiger partial charge on any atom is 0.162 e. The third-order valence-electron chi connectivity index (χ3n) is 2.77. The summed E-state index contributed by atoms with van der Waals surface area (Å²) < 4.78 is 10.9. The van der Waals surface area contributed by atoms with Crippen LogP contribution in [0.5, 0.6) is 11.5 Å². The molecule has 1 aromatic carbocycles. The summed E-state index contributed by atoms with van der Waals surface area (Å²) >= 11 is 6.08. The Bertz CT molecular complexity index is 449. The van der Waals surface area contributed by atoms with Gasteiger partial charge in [-0.25, -0.2) is 0 Å². The Hall–Kier alpha value is -1.40. The topological polar surface area (TPSA) is 42.2 Å². The highest BCUT2D eigenvalue weighted by molar-refractivity contribution is 6.31. The van der Waals surface area contributed by atoms with Crippen LogP contribution in [0.4, 0.5) is 0 Å². The smallest absolute Gasteiger partial charge is 0.162 e. The molecular formula is C13H14ClNO2. The highest BCUT2D eigenvalue weighted by atomic mass is 35.5. The molecule has 0 unspecified atom stereocenters. The van der Waals surface area contributed by atoms with E-state index in [1.54, 1.807) is 19.2 Å². The van der Waals surface area contributed by atoms with Crippen LogP contribution in [0.15, 0.2) is 12.1 Å². The minimum absolute atomic E-state index is 0.276. The van der Waals surface area contributed by atoms with Crippen molar-refractivity contribution in [2.75, 3.05) is 13.7 Å². The predicted molar refractivity (Wildman–Crippen MR) is 65.5 cm³/mol.